The van der Waals surface area contributed by atoms with Crippen molar-refractivity contribution in [1.82, 2.24) is 15.3 Å². The zero-order valence-electron chi connectivity index (χ0n) is 17.8. The topological polar surface area (TPSA) is 128 Å². The van der Waals surface area contributed by atoms with Crippen LogP contribution in [0, 0.1) is 6.92 Å². The first kappa shape index (κ1) is 22.2. The molecule has 0 radical (unpaired) electrons. The van der Waals surface area contributed by atoms with E-state index in [2.05, 4.69) is 15.3 Å². The lowest BCUT2D eigenvalue weighted by atomic mass is 10.1. The fourth-order valence-electron chi connectivity index (χ4n) is 3.84. The average molecular weight is 455 g/mol. The molecule has 0 unspecified atom stereocenters. The van der Waals surface area contributed by atoms with Crippen LogP contribution in [0.15, 0.2) is 53.2 Å². The van der Waals surface area contributed by atoms with Crippen LogP contribution in [0.2, 0.25) is 0 Å². The number of benzene rings is 1. The number of nitrogens with two attached hydrogens (primary N) is 1. The second kappa shape index (κ2) is 9.22. The highest BCUT2D eigenvalue weighted by molar-refractivity contribution is 7.91. The van der Waals surface area contributed by atoms with Gasteiger partial charge in [0.15, 0.2) is 9.84 Å². The van der Waals surface area contributed by atoms with Gasteiger partial charge >= 0.3 is 0 Å². The van der Waals surface area contributed by atoms with Crippen molar-refractivity contribution < 1.29 is 17.6 Å². The van der Waals surface area contributed by atoms with Crippen molar-refractivity contribution in [3.05, 3.63) is 71.4 Å². The van der Waals surface area contributed by atoms with Gasteiger partial charge in [0.25, 0.3) is 5.91 Å². The molecule has 9 heteroatoms. The van der Waals surface area contributed by atoms with Crippen molar-refractivity contribution in [1.29, 1.82) is 0 Å². The number of hydrogen-bond acceptors (Lipinski definition) is 7. The summed E-state index contributed by atoms with van der Waals surface area (Å²) in [5.41, 5.74) is 8.38. The molecule has 1 aliphatic carbocycles. The summed E-state index contributed by atoms with van der Waals surface area (Å²) in [6.07, 6.45) is 5.20. The summed E-state index contributed by atoms with van der Waals surface area (Å²) in [5.74, 6) is 0.446. The molecule has 168 valence electrons. The smallest absolute Gasteiger partial charge is 0.251 e. The Balaban J connectivity index is 1.42. The monoisotopic (exact) mass is 454 g/mol. The van der Waals surface area contributed by atoms with Crippen molar-refractivity contribution in [3.63, 3.8) is 0 Å². The highest BCUT2D eigenvalue weighted by atomic mass is 32.2. The van der Waals surface area contributed by atoms with Gasteiger partial charge in [-0.25, -0.2) is 13.4 Å². The molecule has 1 aromatic carbocycles. The molecule has 3 aromatic rings. The summed E-state index contributed by atoms with van der Waals surface area (Å²) >= 11 is 0. The molecular weight excluding hydrogens is 428 g/mol. The molecule has 2 aromatic heterocycles. The summed E-state index contributed by atoms with van der Waals surface area (Å²) in [4.78, 5) is 20.8. The van der Waals surface area contributed by atoms with Crippen LogP contribution in [0.1, 0.15) is 46.6 Å². The van der Waals surface area contributed by atoms with Gasteiger partial charge in [-0.3, -0.25) is 9.78 Å². The molecule has 0 aliphatic heterocycles. The molecule has 0 spiro atoms. The van der Waals surface area contributed by atoms with E-state index in [1.807, 2.05) is 12.1 Å². The van der Waals surface area contributed by atoms with E-state index in [4.69, 9.17) is 10.2 Å². The van der Waals surface area contributed by atoms with E-state index >= 15 is 0 Å². The first-order valence-corrected chi connectivity index (χ1v) is 12.2. The van der Waals surface area contributed by atoms with E-state index in [0.717, 1.165) is 12.0 Å². The average Bonchev–Trinajstić information content (AvgIpc) is 3.39. The normalized spacial score (nSPS) is 18.6. The first-order chi connectivity index (χ1) is 15.3. The van der Waals surface area contributed by atoms with Crippen molar-refractivity contribution in [2.75, 3.05) is 0 Å². The lowest BCUT2D eigenvalue weighted by Crippen LogP contribution is -2.23. The molecule has 0 bridgehead atoms. The number of sulfone groups is 1. The molecule has 3 N–H and O–H groups in total. The quantitative estimate of drug-likeness (QED) is 0.562. The Bertz CT molecular complexity index is 1190. The number of pyridine rings is 1. The van der Waals surface area contributed by atoms with Gasteiger partial charge in [0, 0.05) is 36.1 Å². The second-order valence-corrected chi connectivity index (χ2v) is 10.4. The Morgan fingerprint density at radius 1 is 1.22 bits per heavy atom. The molecule has 8 nitrogen and oxygen atoms in total. The molecule has 1 amide bonds. The van der Waals surface area contributed by atoms with Gasteiger partial charge in [0.2, 0.25) is 5.89 Å². The highest BCUT2D eigenvalue weighted by Gasteiger charge is 2.34. The number of hydrogen-bond donors (Lipinski definition) is 2. The number of rotatable bonds is 7. The minimum Gasteiger partial charge on any atom is -0.441 e. The Hall–Kier alpha value is -3.04. The van der Waals surface area contributed by atoms with Gasteiger partial charge in [-0.2, -0.15) is 0 Å². The molecule has 32 heavy (non-hydrogen) atoms. The molecule has 2 atom stereocenters. The number of nitrogens with one attached hydrogen (secondary N) is 1. The second-order valence-electron chi connectivity index (χ2n) is 8.15. The Kier molecular flexibility index (Phi) is 6.38. The van der Waals surface area contributed by atoms with Gasteiger partial charge in [-0.05, 0) is 62.1 Å². The van der Waals surface area contributed by atoms with Crippen LogP contribution < -0.4 is 11.1 Å². The minimum absolute atomic E-state index is 0.0520. The fourth-order valence-corrected chi connectivity index (χ4v) is 5.76. The Morgan fingerprint density at radius 2 is 2.00 bits per heavy atom. The number of aromatic nitrogens is 2. The number of carbonyl (C=O) groups is 1. The predicted octanol–water partition coefficient (Wildman–Crippen LogP) is 2.77. The molecule has 1 saturated carbocycles. The SMILES string of the molecule is Cc1oc(-c2ccc(C(=O)NCc3cccnc3)cc2)nc1CS(=O)(=O)[C@@H]1CC[C@H](N)C1. The van der Waals surface area contributed by atoms with Gasteiger partial charge in [-0.1, -0.05) is 6.07 Å². The Morgan fingerprint density at radius 3 is 2.66 bits per heavy atom. The predicted molar refractivity (Wildman–Crippen MR) is 120 cm³/mol. The minimum atomic E-state index is -3.34. The maximum absolute atomic E-state index is 12.7. The fraction of sp³-hybridized carbons (Fsp3) is 0.348. The molecular formula is C23H26N4O4S. The zero-order chi connectivity index (χ0) is 22.7. The van der Waals surface area contributed by atoms with Crippen LogP contribution in [0.5, 0.6) is 0 Å². The number of oxazole rings is 1. The van der Waals surface area contributed by atoms with Crippen LogP contribution in [0.4, 0.5) is 0 Å². The molecule has 2 heterocycles. The summed E-state index contributed by atoms with van der Waals surface area (Å²) in [5, 5.41) is 2.43. The first-order valence-electron chi connectivity index (χ1n) is 10.5. The van der Waals surface area contributed by atoms with Gasteiger partial charge in [0.1, 0.15) is 5.76 Å². The molecule has 1 aliphatic rings. The van der Waals surface area contributed by atoms with E-state index < -0.39 is 15.1 Å². The lowest BCUT2D eigenvalue weighted by molar-refractivity contribution is 0.0951. The van der Waals surface area contributed by atoms with Crippen molar-refractivity contribution in [2.24, 2.45) is 5.73 Å². The van der Waals surface area contributed by atoms with E-state index in [1.165, 1.54) is 0 Å². The standard InChI is InChI=1S/C23H26N4O4S/c1-15-21(14-32(29,30)20-9-8-19(24)11-20)27-23(31-15)18-6-4-17(5-7-18)22(28)26-13-16-3-2-10-25-12-16/h2-7,10,12,19-20H,8-9,11,13-14,24H2,1H3,(H,26,28)/t19-,20+/m0/s1. The van der Waals surface area contributed by atoms with Crippen LogP contribution in [0.25, 0.3) is 11.5 Å². The van der Waals surface area contributed by atoms with Crippen molar-refractivity contribution in [2.45, 2.75) is 49.8 Å². The number of nitrogens with zero attached hydrogens (tertiary/aromatic N) is 2. The molecule has 1 fully saturated rings. The third-order valence-electron chi connectivity index (χ3n) is 5.73. The summed E-state index contributed by atoms with van der Waals surface area (Å²) in [6, 6.07) is 10.5. The van der Waals surface area contributed by atoms with Crippen molar-refractivity contribution in [3.8, 4) is 11.5 Å². The number of aryl methyl sites for hydroxylation is 1. The largest absolute Gasteiger partial charge is 0.441 e. The van der Waals surface area contributed by atoms with Crippen LogP contribution in [0.3, 0.4) is 0 Å². The van der Waals surface area contributed by atoms with Gasteiger partial charge in [-0.15, -0.1) is 0 Å². The zero-order valence-corrected chi connectivity index (χ0v) is 18.6. The van der Waals surface area contributed by atoms with E-state index in [1.54, 1.807) is 43.6 Å². The van der Waals surface area contributed by atoms with Gasteiger partial charge in [0.05, 0.1) is 16.7 Å². The summed E-state index contributed by atoms with van der Waals surface area (Å²) in [7, 11) is -3.34. The molecule has 4 rings (SSSR count). The Labute approximate surface area is 187 Å². The highest BCUT2D eigenvalue weighted by Crippen LogP contribution is 2.29. The van der Waals surface area contributed by atoms with Crippen LogP contribution >= 0.6 is 0 Å². The van der Waals surface area contributed by atoms with Gasteiger partial charge < -0.3 is 15.5 Å². The van der Waals surface area contributed by atoms with E-state index in [0.29, 0.717) is 47.9 Å². The van der Waals surface area contributed by atoms with E-state index in [-0.39, 0.29) is 17.7 Å². The summed E-state index contributed by atoms with van der Waals surface area (Å²) < 4.78 is 31.2. The number of carbonyl (C=O) groups excluding carboxylic acids is 1. The third-order valence-corrected chi connectivity index (χ3v) is 7.85. The number of amides is 1. The maximum atomic E-state index is 12.7. The van der Waals surface area contributed by atoms with Crippen LogP contribution in [-0.4, -0.2) is 35.6 Å². The van der Waals surface area contributed by atoms with Crippen molar-refractivity contribution >= 4 is 15.7 Å². The third kappa shape index (κ3) is 5.05. The van der Waals surface area contributed by atoms with Crippen LogP contribution in [-0.2, 0) is 22.1 Å². The molecule has 0 saturated heterocycles. The maximum Gasteiger partial charge on any atom is 0.251 e. The summed E-state index contributed by atoms with van der Waals surface area (Å²) in [6.45, 7) is 2.10. The lowest BCUT2D eigenvalue weighted by Gasteiger charge is -2.10. The van der Waals surface area contributed by atoms with E-state index in [9.17, 15) is 13.2 Å².